The summed E-state index contributed by atoms with van der Waals surface area (Å²) in [7, 11) is 1.63. The molecule has 0 aliphatic rings. The molecule has 0 bridgehead atoms. The number of hydrogen-bond acceptors (Lipinski definition) is 3. The molecule has 0 aliphatic carbocycles. The van der Waals surface area contributed by atoms with Gasteiger partial charge in [0.2, 0.25) is 0 Å². The maximum atomic E-state index is 11.2. The van der Waals surface area contributed by atoms with Gasteiger partial charge in [0.15, 0.2) is 0 Å². The average Bonchev–Trinajstić information content (AvgIpc) is 2.71. The van der Waals surface area contributed by atoms with Crippen molar-refractivity contribution < 1.29 is 9.53 Å². The Morgan fingerprint density at radius 1 is 1.53 bits per heavy atom. The lowest BCUT2D eigenvalue weighted by molar-refractivity contribution is -0.118. The van der Waals surface area contributed by atoms with Crippen LogP contribution in [0.3, 0.4) is 0 Å². The van der Waals surface area contributed by atoms with Crippen molar-refractivity contribution in [3.05, 3.63) is 30.0 Å². The van der Waals surface area contributed by atoms with E-state index in [0.29, 0.717) is 6.42 Å². The minimum absolute atomic E-state index is 0.00208. The lowest BCUT2D eigenvalue weighted by Crippen LogP contribution is -2.30. The summed E-state index contributed by atoms with van der Waals surface area (Å²) in [6.45, 7) is 1.51. The highest BCUT2D eigenvalue weighted by atomic mass is 16.5. The van der Waals surface area contributed by atoms with Crippen LogP contribution in [0, 0.1) is 0 Å². The van der Waals surface area contributed by atoms with Crippen molar-refractivity contribution >= 4 is 16.7 Å². The van der Waals surface area contributed by atoms with E-state index in [2.05, 4.69) is 4.98 Å². The molecule has 1 heterocycles. The third-order valence-electron chi connectivity index (χ3n) is 2.94. The summed E-state index contributed by atoms with van der Waals surface area (Å²) < 4.78 is 5.19. The molecule has 1 unspecified atom stereocenters. The Labute approximate surface area is 99.8 Å². The highest BCUT2D eigenvalue weighted by Gasteiger charge is 2.12. The number of Topliss-reactive ketones (excluding diaryl/α,β-unsaturated/α-hetero) is 1. The highest BCUT2D eigenvalue weighted by molar-refractivity contribution is 5.86. The number of ketones is 1. The fourth-order valence-electron chi connectivity index (χ4n) is 1.83. The van der Waals surface area contributed by atoms with Gasteiger partial charge in [-0.2, -0.15) is 0 Å². The first-order valence-electron chi connectivity index (χ1n) is 5.52. The zero-order chi connectivity index (χ0) is 12.4. The van der Waals surface area contributed by atoms with Crippen LogP contribution in [0.25, 0.3) is 10.9 Å². The first kappa shape index (κ1) is 11.7. The number of fused-ring (bicyclic) bond motifs is 1. The van der Waals surface area contributed by atoms with Crippen LogP contribution in [-0.4, -0.2) is 23.9 Å². The smallest absolute Gasteiger partial charge is 0.146 e. The predicted molar refractivity (Wildman–Crippen MR) is 67.2 cm³/mol. The Bertz CT molecular complexity index is 545. The lowest BCUT2D eigenvalue weighted by Gasteiger charge is -2.06. The number of nitrogens with two attached hydrogens (primary N) is 1. The third-order valence-corrected chi connectivity index (χ3v) is 2.94. The first-order chi connectivity index (χ1) is 8.11. The summed E-state index contributed by atoms with van der Waals surface area (Å²) in [5.41, 5.74) is 7.84. The van der Waals surface area contributed by atoms with Gasteiger partial charge in [-0.1, -0.05) is 0 Å². The van der Waals surface area contributed by atoms with Crippen molar-refractivity contribution in [3.63, 3.8) is 0 Å². The average molecular weight is 232 g/mol. The molecule has 3 N–H and O–H groups in total. The molecule has 0 amide bonds. The van der Waals surface area contributed by atoms with Crippen molar-refractivity contribution in [2.75, 3.05) is 7.11 Å². The Kier molecular flexibility index (Phi) is 3.15. The molecule has 4 nitrogen and oxygen atoms in total. The number of aromatic nitrogens is 1. The molecule has 0 aliphatic heterocycles. The van der Waals surface area contributed by atoms with Crippen LogP contribution in [0.15, 0.2) is 24.4 Å². The van der Waals surface area contributed by atoms with Gasteiger partial charge in [-0.3, -0.25) is 4.79 Å². The monoisotopic (exact) mass is 232 g/mol. The van der Waals surface area contributed by atoms with Crippen LogP contribution in [0.2, 0.25) is 0 Å². The second-order valence-electron chi connectivity index (χ2n) is 4.15. The van der Waals surface area contributed by atoms with E-state index in [9.17, 15) is 4.79 Å². The summed E-state index contributed by atoms with van der Waals surface area (Å²) >= 11 is 0. The van der Waals surface area contributed by atoms with E-state index in [-0.39, 0.29) is 5.78 Å². The van der Waals surface area contributed by atoms with Crippen LogP contribution >= 0.6 is 0 Å². The van der Waals surface area contributed by atoms with E-state index in [1.807, 2.05) is 24.4 Å². The van der Waals surface area contributed by atoms with E-state index >= 15 is 0 Å². The zero-order valence-corrected chi connectivity index (χ0v) is 9.99. The Hall–Kier alpha value is -1.81. The summed E-state index contributed by atoms with van der Waals surface area (Å²) in [5.74, 6) is 0.803. The highest BCUT2D eigenvalue weighted by Crippen LogP contribution is 2.24. The molecule has 4 heteroatoms. The van der Waals surface area contributed by atoms with Gasteiger partial charge < -0.3 is 15.5 Å². The van der Waals surface area contributed by atoms with Crippen molar-refractivity contribution in [2.45, 2.75) is 19.4 Å². The van der Waals surface area contributed by atoms with Crippen molar-refractivity contribution in [1.82, 2.24) is 4.98 Å². The summed E-state index contributed by atoms with van der Waals surface area (Å²) in [5, 5.41) is 1.06. The summed E-state index contributed by atoms with van der Waals surface area (Å²) in [6, 6.07) is 5.36. The number of carbonyl (C=O) groups is 1. The first-order valence-corrected chi connectivity index (χ1v) is 5.52. The molecule has 1 aromatic carbocycles. The van der Waals surface area contributed by atoms with E-state index in [1.54, 1.807) is 7.11 Å². The Morgan fingerprint density at radius 3 is 2.94 bits per heavy atom. The van der Waals surface area contributed by atoms with Crippen LogP contribution in [0.4, 0.5) is 0 Å². The van der Waals surface area contributed by atoms with Gasteiger partial charge in [0.1, 0.15) is 11.5 Å². The number of benzene rings is 1. The second-order valence-corrected chi connectivity index (χ2v) is 4.15. The van der Waals surface area contributed by atoms with Gasteiger partial charge >= 0.3 is 0 Å². The summed E-state index contributed by atoms with van der Waals surface area (Å²) in [6.07, 6.45) is 2.44. The topological polar surface area (TPSA) is 68.1 Å². The molecular formula is C13H16N2O2. The normalized spacial score (nSPS) is 12.6. The molecule has 0 fully saturated rings. The minimum atomic E-state index is -0.444. The van der Waals surface area contributed by atoms with Crippen LogP contribution < -0.4 is 10.5 Å². The van der Waals surface area contributed by atoms with E-state index in [4.69, 9.17) is 10.5 Å². The van der Waals surface area contributed by atoms with Gasteiger partial charge in [-0.15, -0.1) is 0 Å². The van der Waals surface area contributed by atoms with Crippen molar-refractivity contribution in [2.24, 2.45) is 5.73 Å². The number of carbonyl (C=O) groups excluding carboxylic acids is 1. The van der Waals surface area contributed by atoms with Gasteiger partial charge in [0.25, 0.3) is 0 Å². The van der Waals surface area contributed by atoms with E-state index < -0.39 is 6.04 Å². The second kappa shape index (κ2) is 4.59. The third kappa shape index (κ3) is 2.31. The largest absolute Gasteiger partial charge is 0.497 e. The molecule has 0 saturated carbocycles. The standard InChI is InChI=1S/C13H16N2O2/c1-8(16)12(14)5-9-7-15-13-4-3-10(17-2)6-11(9)13/h3-4,6-7,12,15H,5,14H2,1-2H3. The van der Waals surface area contributed by atoms with Gasteiger partial charge in [-0.05, 0) is 37.1 Å². The SMILES string of the molecule is COc1ccc2[nH]cc(CC(N)C(C)=O)c2c1. The molecular weight excluding hydrogens is 216 g/mol. The number of methoxy groups -OCH3 is 1. The molecule has 0 saturated heterocycles. The summed E-state index contributed by atoms with van der Waals surface area (Å²) in [4.78, 5) is 14.3. The number of nitrogens with one attached hydrogen (secondary N) is 1. The molecule has 0 spiro atoms. The predicted octanol–water partition coefficient (Wildman–Crippen LogP) is 1.64. The fourth-order valence-corrected chi connectivity index (χ4v) is 1.83. The minimum Gasteiger partial charge on any atom is -0.497 e. The number of rotatable bonds is 4. The number of H-pyrrole nitrogens is 1. The quantitative estimate of drug-likeness (QED) is 0.842. The fraction of sp³-hybridized carbons (Fsp3) is 0.308. The molecule has 2 rings (SSSR count). The molecule has 90 valence electrons. The molecule has 2 aromatic rings. The maximum Gasteiger partial charge on any atom is 0.146 e. The van der Waals surface area contributed by atoms with E-state index in [1.165, 1.54) is 6.92 Å². The number of hydrogen-bond donors (Lipinski definition) is 2. The van der Waals surface area contributed by atoms with Gasteiger partial charge in [0, 0.05) is 17.1 Å². The van der Waals surface area contributed by atoms with Crippen molar-refractivity contribution in [1.29, 1.82) is 0 Å². The van der Waals surface area contributed by atoms with Crippen molar-refractivity contribution in [3.8, 4) is 5.75 Å². The van der Waals surface area contributed by atoms with Crippen LogP contribution in [0.1, 0.15) is 12.5 Å². The molecule has 17 heavy (non-hydrogen) atoms. The van der Waals surface area contributed by atoms with Gasteiger partial charge in [0.05, 0.1) is 13.2 Å². The number of ether oxygens (including phenoxy) is 1. The Morgan fingerprint density at radius 2 is 2.29 bits per heavy atom. The zero-order valence-electron chi connectivity index (χ0n) is 9.99. The number of aromatic amines is 1. The van der Waals surface area contributed by atoms with E-state index in [0.717, 1.165) is 22.2 Å². The van der Waals surface area contributed by atoms with Gasteiger partial charge in [-0.25, -0.2) is 0 Å². The lowest BCUT2D eigenvalue weighted by atomic mass is 10.0. The molecule has 0 radical (unpaired) electrons. The van der Waals surface area contributed by atoms with Crippen LogP contribution in [0.5, 0.6) is 5.75 Å². The molecule has 1 atom stereocenters. The maximum absolute atomic E-state index is 11.2. The van der Waals surface area contributed by atoms with Crippen LogP contribution in [-0.2, 0) is 11.2 Å². The molecule has 1 aromatic heterocycles. The Balaban J connectivity index is 2.37.